The molecule has 3 aromatic rings. The lowest BCUT2D eigenvalue weighted by atomic mass is 10.1. The smallest absolute Gasteiger partial charge is 0.231 e. The Labute approximate surface area is 161 Å². The van der Waals surface area contributed by atoms with Crippen LogP contribution in [0.3, 0.4) is 0 Å². The summed E-state index contributed by atoms with van der Waals surface area (Å²) in [5.74, 6) is 2.93. The average Bonchev–Trinajstić information content (AvgIpc) is 3.37. The molecule has 0 spiro atoms. The van der Waals surface area contributed by atoms with E-state index in [4.69, 9.17) is 9.47 Å². The lowest BCUT2D eigenvalue weighted by molar-refractivity contribution is 0.174. The lowest BCUT2D eigenvalue weighted by Gasteiger charge is -2.18. The second kappa shape index (κ2) is 6.73. The molecular formula is C20H18N6O2. The number of aliphatic imine (C=N–C) groups is 1. The number of nitrogens with zero attached hydrogens (tertiary/aromatic N) is 4. The molecule has 0 saturated carbocycles. The number of aromatic nitrogens is 2. The number of amidine groups is 1. The fourth-order valence-corrected chi connectivity index (χ4v) is 3.08. The van der Waals surface area contributed by atoms with Gasteiger partial charge >= 0.3 is 0 Å². The molecule has 140 valence electrons. The van der Waals surface area contributed by atoms with Crippen molar-refractivity contribution in [2.45, 2.75) is 6.92 Å². The van der Waals surface area contributed by atoms with Gasteiger partial charge < -0.3 is 14.8 Å². The van der Waals surface area contributed by atoms with Crippen molar-refractivity contribution < 1.29 is 9.47 Å². The zero-order valence-corrected chi connectivity index (χ0v) is 15.2. The number of anilines is 3. The first-order chi connectivity index (χ1) is 13.7. The molecular weight excluding hydrogens is 356 g/mol. The first-order valence-corrected chi connectivity index (χ1v) is 8.90. The van der Waals surface area contributed by atoms with Crippen LogP contribution in [0.5, 0.6) is 11.5 Å². The molecule has 2 aromatic carbocycles. The molecule has 8 heteroatoms. The van der Waals surface area contributed by atoms with E-state index in [1.807, 2.05) is 60.5 Å². The zero-order chi connectivity index (χ0) is 18.9. The van der Waals surface area contributed by atoms with E-state index in [0.29, 0.717) is 12.6 Å². The van der Waals surface area contributed by atoms with Gasteiger partial charge in [-0.3, -0.25) is 10.4 Å². The number of nitrogens with one attached hydrogen (secondary N) is 2. The number of hydrogen-bond acceptors (Lipinski definition) is 8. The number of hydrazine groups is 1. The van der Waals surface area contributed by atoms with Gasteiger partial charge in [0.1, 0.15) is 12.5 Å². The van der Waals surface area contributed by atoms with Gasteiger partial charge in [0.05, 0.1) is 11.4 Å². The summed E-state index contributed by atoms with van der Waals surface area (Å²) in [7, 11) is 0. The highest BCUT2D eigenvalue weighted by molar-refractivity contribution is 5.83. The molecule has 2 aliphatic heterocycles. The van der Waals surface area contributed by atoms with Crippen molar-refractivity contribution in [1.82, 2.24) is 15.4 Å². The third kappa shape index (κ3) is 3.16. The van der Waals surface area contributed by atoms with E-state index in [1.54, 1.807) is 6.20 Å². The van der Waals surface area contributed by atoms with Crippen LogP contribution in [0.1, 0.15) is 6.92 Å². The molecule has 0 bridgehead atoms. The van der Waals surface area contributed by atoms with Gasteiger partial charge in [-0.05, 0) is 55.5 Å². The SMILES string of the molecule is CC1=NCN(c2ccc(Nc3nccc(-c4ccc5c(c4)OCO5)n3)cc2)N1. The fraction of sp³-hybridized carbons (Fsp3) is 0.150. The van der Waals surface area contributed by atoms with Gasteiger partial charge in [-0.25, -0.2) is 15.0 Å². The Balaban J connectivity index is 1.33. The summed E-state index contributed by atoms with van der Waals surface area (Å²) in [5.41, 5.74) is 6.90. The maximum Gasteiger partial charge on any atom is 0.231 e. The first-order valence-electron chi connectivity index (χ1n) is 8.90. The fourth-order valence-electron chi connectivity index (χ4n) is 3.08. The first kappa shape index (κ1) is 16.4. The zero-order valence-electron chi connectivity index (χ0n) is 15.2. The minimum atomic E-state index is 0.254. The van der Waals surface area contributed by atoms with Crippen LogP contribution < -0.4 is 25.2 Å². The Morgan fingerprint density at radius 3 is 2.71 bits per heavy atom. The minimum Gasteiger partial charge on any atom is -0.454 e. The molecule has 2 N–H and O–H groups in total. The maximum absolute atomic E-state index is 5.45. The van der Waals surface area contributed by atoms with E-state index < -0.39 is 0 Å². The van der Waals surface area contributed by atoms with Crippen molar-refractivity contribution in [3.63, 3.8) is 0 Å². The van der Waals surface area contributed by atoms with Crippen LogP contribution in [-0.4, -0.2) is 29.3 Å². The summed E-state index contributed by atoms with van der Waals surface area (Å²) in [4.78, 5) is 13.3. The molecule has 5 rings (SSSR count). The Morgan fingerprint density at radius 1 is 1.04 bits per heavy atom. The molecule has 0 atom stereocenters. The molecule has 0 radical (unpaired) electrons. The average molecular weight is 374 g/mol. The van der Waals surface area contributed by atoms with Gasteiger partial charge in [0, 0.05) is 17.4 Å². The van der Waals surface area contributed by atoms with Crippen molar-refractivity contribution in [3.8, 4) is 22.8 Å². The Hall–Kier alpha value is -3.81. The Bertz CT molecular complexity index is 1050. The molecule has 0 fully saturated rings. The van der Waals surface area contributed by atoms with E-state index in [1.165, 1.54) is 0 Å². The van der Waals surface area contributed by atoms with Crippen molar-refractivity contribution in [2.75, 3.05) is 23.8 Å². The van der Waals surface area contributed by atoms with Crippen LogP contribution in [0.25, 0.3) is 11.3 Å². The second-order valence-electron chi connectivity index (χ2n) is 6.43. The predicted octanol–water partition coefficient (Wildman–Crippen LogP) is 3.32. The highest BCUT2D eigenvalue weighted by Gasteiger charge is 2.15. The molecule has 1 aromatic heterocycles. The molecule has 0 aliphatic carbocycles. The minimum absolute atomic E-state index is 0.254. The van der Waals surface area contributed by atoms with E-state index in [2.05, 4.69) is 25.7 Å². The highest BCUT2D eigenvalue weighted by Crippen LogP contribution is 2.35. The number of benzene rings is 2. The van der Waals surface area contributed by atoms with E-state index in [9.17, 15) is 0 Å². The normalized spacial score (nSPS) is 14.6. The van der Waals surface area contributed by atoms with Crippen molar-refractivity contribution >= 4 is 23.2 Å². The number of rotatable bonds is 4. The standard InChI is InChI=1S/C20H18N6O2/c1-13-22-11-26(25-13)16-5-3-15(4-6-16)23-20-21-9-8-17(24-20)14-2-7-18-19(10-14)28-12-27-18/h2-10H,11-12H2,1H3,(H,22,25)(H,21,23,24). The topological polar surface area (TPSA) is 83.9 Å². The Kier molecular flexibility index (Phi) is 3.93. The van der Waals surface area contributed by atoms with Gasteiger partial charge in [0.25, 0.3) is 0 Å². The van der Waals surface area contributed by atoms with E-state index in [-0.39, 0.29) is 6.79 Å². The van der Waals surface area contributed by atoms with Crippen LogP contribution in [0.2, 0.25) is 0 Å². The summed E-state index contributed by atoms with van der Waals surface area (Å²) in [6.45, 7) is 2.81. The van der Waals surface area contributed by atoms with E-state index in [0.717, 1.165) is 40.0 Å². The van der Waals surface area contributed by atoms with Crippen LogP contribution in [0.4, 0.5) is 17.3 Å². The molecule has 2 aliphatic rings. The maximum atomic E-state index is 5.45. The quantitative estimate of drug-likeness (QED) is 0.725. The van der Waals surface area contributed by atoms with Crippen LogP contribution in [0.15, 0.2) is 59.7 Å². The second-order valence-corrected chi connectivity index (χ2v) is 6.43. The number of ether oxygens (including phenoxy) is 2. The highest BCUT2D eigenvalue weighted by atomic mass is 16.7. The van der Waals surface area contributed by atoms with Crippen LogP contribution >= 0.6 is 0 Å². The van der Waals surface area contributed by atoms with Crippen LogP contribution in [0, 0.1) is 0 Å². The summed E-state index contributed by atoms with van der Waals surface area (Å²) in [5, 5.41) is 5.23. The summed E-state index contributed by atoms with van der Waals surface area (Å²) in [6, 6.07) is 15.7. The lowest BCUT2D eigenvalue weighted by Crippen LogP contribution is -2.34. The molecule has 8 nitrogen and oxygen atoms in total. The van der Waals surface area contributed by atoms with Gasteiger partial charge in [-0.2, -0.15) is 0 Å². The summed E-state index contributed by atoms with van der Waals surface area (Å²) < 4.78 is 10.8. The molecule has 0 unspecified atom stereocenters. The molecule has 0 saturated heterocycles. The molecule has 28 heavy (non-hydrogen) atoms. The summed E-state index contributed by atoms with van der Waals surface area (Å²) in [6.07, 6.45) is 1.73. The van der Waals surface area contributed by atoms with Gasteiger partial charge in [-0.15, -0.1) is 0 Å². The van der Waals surface area contributed by atoms with Gasteiger partial charge in [0.15, 0.2) is 11.5 Å². The number of fused-ring (bicyclic) bond motifs is 1. The third-order valence-electron chi connectivity index (χ3n) is 4.51. The largest absolute Gasteiger partial charge is 0.454 e. The summed E-state index contributed by atoms with van der Waals surface area (Å²) >= 11 is 0. The third-order valence-corrected chi connectivity index (χ3v) is 4.51. The number of hydrogen-bond donors (Lipinski definition) is 2. The van der Waals surface area contributed by atoms with Crippen molar-refractivity contribution in [1.29, 1.82) is 0 Å². The van der Waals surface area contributed by atoms with Gasteiger partial charge in [-0.1, -0.05) is 0 Å². The van der Waals surface area contributed by atoms with Crippen molar-refractivity contribution in [3.05, 3.63) is 54.7 Å². The van der Waals surface area contributed by atoms with Crippen LogP contribution in [-0.2, 0) is 0 Å². The van der Waals surface area contributed by atoms with Crippen molar-refractivity contribution in [2.24, 2.45) is 4.99 Å². The predicted molar refractivity (Wildman–Crippen MR) is 107 cm³/mol. The van der Waals surface area contributed by atoms with E-state index >= 15 is 0 Å². The van der Waals surface area contributed by atoms with Gasteiger partial charge in [0.2, 0.25) is 12.7 Å². The molecule has 3 heterocycles. The monoisotopic (exact) mass is 374 g/mol. The Morgan fingerprint density at radius 2 is 1.89 bits per heavy atom. The molecule has 0 amide bonds.